The Bertz CT molecular complexity index is 275. The third-order valence-corrected chi connectivity index (χ3v) is 3.91. The summed E-state index contributed by atoms with van der Waals surface area (Å²) in [7, 11) is 1.72. The molecule has 0 aromatic carbocycles. The Morgan fingerprint density at radius 1 is 1.15 bits per heavy atom. The van der Waals surface area contributed by atoms with Crippen LogP contribution in [0.15, 0.2) is 12.7 Å². The molecule has 3 atom stereocenters. The molecule has 1 aliphatic heterocycles. The van der Waals surface area contributed by atoms with E-state index in [0.29, 0.717) is 0 Å². The third-order valence-electron chi connectivity index (χ3n) is 3.91. The van der Waals surface area contributed by atoms with Crippen LogP contribution in [0.5, 0.6) is 0 Å². The first-order valence-corrected chi connectivity index (χ1v) is 8.03. The summed E-state index contributed by atoms with van der Waals surface area (Å²) in [6.07, 6.45) is 10.5. The first-order valence-electron chi connectivity index (χ1n) is 8.03. The molecule has 0 N–H and O–H groups in total. The molecule has 20 heavy (non-hydrogen) atoms. The Labute approximate surface area is 124 Å². The van der Waals surface area contributed by atoms with Crippen molar-refractivity contribution in [2.45, 2.75) is 89.8 Å². The molecule has 3 nitrogen and oxygen atoms in total. The smallest absolute Gasteiger partial charge is 0.163 e. The van der Waals surface area contributed by atoms with Gasteiger partial charge in [0.1, 0.15) is 0 Å². The van der Waals surface area contributed by atoms with Crippen molar-refractivity contribution in [2.24, 2.45) is 0 Å². The molecule has 3 heteroatoms. The molecule has 1 fully saturated rings. The summed E-state index contributed by atoms with van der Waals surface area (Å²) in [4.78, 5) is 0. The van der Waals surface area contributed by atoms with Crippen LogP contribution < -0.4 is 0 Å². The molecule has 0 unspecified atom stereocenters. The van der Waals surface area contributed by atoms with E-state index >= 15 is 0 Å². The lowest BCUT2D eigenvalue weighted by atomic mass is 10.0. The SMILES string of the molecule is C=C[C@H](C[C@H]1OC(C)(C)O[C@@H]1CCCCCCC)OC. The molecule has 1 saturated heterocycles. The van der Waals surface area contributed by atoms with Crippen LogP contribution in [0, 0.1) is 0 Å². The van der Waals surface area contributed by atoms with Gasteiger partial charge >= 0.3 is 0 Å². The summed E-state index contributed by atoms with van der Waals surface area (Å²) in [5.41, 5.74) is 0. The van der Waals surface area contributed by atoms with E-state index in [2.05, 4.69) is 13.5 Å². The van der Waals surface area contributed by atoms with Gasteiger partial charge in [-0.15, -0.1) is 6.58 Å². The molecule has 0 aromatic heterocycles. The van der Waals surface area contributed by atoms with Gasteiger partial charge in [-0.05, 0) is 20.3 Å². The monoisotopic (exact) mass is 284 g/mol. The fourth-order valence-electron chi connectivity index (χ4n) is 2.82. The van der Waals surface area contributed by atoms with E-state index in [1.165, 1.54) is 32.1 Å². The predicted molar refractivity (Wildman–Crippen MR) is 82.8 cm³/mol. The van der Waals surface area contributed by atoms with Gasteiger partial charge in [-0.2, -0.15) is 0 Å². The standard InChI is InChI=1S/C17H32O3/c1-6-8-9-10-11-12-15-16(13-14(7-2)18-5)20-17(3,4)19-15/h7,14-16H,2,6,8-13H2,1,3-5H3/t14-,15-,16-/m1/s1. The van der Waals surface area contributed by atoms with Crippen molar-refractivity contribution in [3.05, 3.63) is 12.7 Å². The largest absolute Gasteiger partial charge is 0.377 e. The Morgan fingerprint density at radius 2 is 1.80 bits per heavy atom. The highest BCUT2D eigenvalue weighted by Gasteiger charge is 2.41. The molecule has 1 rings (SSSR count). The number of unbranched alkanes of at least 4 members (excludes halogenated alkanes) is 4. The molecule has 118 valence electrons. The van der Waals surface area contributed by atoms with E-state index in [9.17, 15) is 0 Å². The Balaban J connectivity index is 2.41. The summed E-state index contributed by atoms with van der Waals surface area (Å²) >= 11 is 0. The number of hydrogen-bond acceptors (Lipinski definition) is 3. The first kappa shape index (κ1) is 17.7. The summed E-state index contributed by atoms with van der Waals surface area (Å²) in [6.45, 7) is 10.0. The van der Waals surface area contributed by atoms with Crippen LogP contribution >= 0.6 is 0 Å². The minimum Gasteiger partial charge on any atom is -0.377 e. The van der Waals surface area contributed by atoms with Crippen LogP contribution in [0.4, 0.5) is 0 Å². The van der Waals surface area contributed by atoms with Crippen molar-refractivity contribution >= 4 is 0 Å². The minimum atomic E-state index is -0.474. The van der Waals surface area contributed by atoms with Crippen molar-refractivity contribution in [1.82, 2.24) is 0 Å². The number of ether oxygens (including phenoxy) is 3. The summed E-state index contributed by atoms with van der Waals surface area (Å²) < 4.78 is 17.5. The summed E-state index contributed by atoms with van der Waals surface area (Å²) in [6, 6.07) is 0. The van der Waals surface area contributed by atoms with Crippen LogP contribution in [-0.2, 0) is 14.2 Å². The first-order chi connectivity index (χ1) is 9.52. The van der Waals surface area contributed by atoms with E-state index in [-0.39, 0.29) is 18.3 Å². The molecule has 1 heterocycles. The lowest BCUT2D eigenvalue weighted by molar-refractivity contribution is -0.148. The average Bonchev–Trinajstić information content (AvgIpc) is 2.70. The average molecular weight is 284 g/mol. The molecule has 0 radical (unpaired) electrons. The van der Waals surface area contributed by atoms with Crippen molar-refractivity contribution in [3.8, 4) is 0 Å². The number of methoxy groups -OCH3 is 1. The van der Waals surface area contributed by atoms with Crippen molar-refractivity contribution in [1.29, 1.82) is 0 Å². The van der Waals surface area contributed by atoms with Crippen molar-refractivity contribution in [3.63, 3.8) is 0 Å². The fourth-order valence-corrected chi connectivity index (χ4v) is 2.82. The van der Waals surface area contributed by atoms with Gasteiger partial charge in [0.05, 0.1) is 18.3 Å². The molecule has 0 aromatic rings. The fraction of sp³-hybridized carbons (Fsp3) is 0.882. The van der Waals surface area contributed by atoms with E-state index in [1.807, 2.05) is 19.9 Å². The second-order valence-electron chi connectivity index (χ2n) is 6.16. The topological polar surface area (TPSA) is 27.7 Å². The minimum absolute atomic E-state index is 0.0418. The van der Waals surface area contributed by atoms with Gasteiger partial charge in [0.15, 0.2) is 5.79 Å². The van der Waals surface area contributed by atoms with Crippen LogP contribution in [0.1, 0.15) is 65.7 Å². The highest BCUT2D eigenvalue weighted by molar-refractivity contribution is 4.89. The Hall–Kier alpha value is -0.380. The van der Waals surface area contributed by atoms with Gasteiger partial charge in [0.25, 0.3) is 0 Å². The lowest BCUT2D eigenvalue weighted by Gasteiger charge is -2.20. The maximum absolute atomic E-state index is 6.05. The Morgan fingerprint density at radius 3 is 2.40 bits per heavy atom. The van der Waals surface area contributed by atoms with Crippen LogP contribution in [-0.4, -0.2) is 31.2 Å². The van der Waals surface area contributed by atoms with Crippen molar-refractivity contribution < 1.29 is 14.2 Å². The Kier molecular flexibility index (Phi) is 7.78. The normalized spacial score (nSPS) is 26.6. The van der Waals surface area contributed by atoms with Gasteiger partial charge in [-0.25, -0.2) is 0 Å². The van der Waals surface area contributed by atoms with Gasteiger partial charge in [0.2, 0.25) is 0 Å². The molecule has 0 bridgehead atoms. The maximum Gasteiger partial charge on any atom is 0.163 e. The van der Waals surface area contributed by atoms with Crippen molar-refractivity contribution in [2.75, 3.05) is 7.11 Å². The van der Waals surface area contributed by atoms with Crippen LogP contribution in [0.2, 0.25) is 0 Å². The second kappa shape index (κ2) is 8.81. The maximum atomic E-state index is 6.05. The predicted octanol–water partition coefficient (Wildman–Crippen LogP) is 4.46. The quantitative estimate of drug-likeness (QED) is 0.438. The molecule has 0 aliphatic carbocycles. The third kappa shape index (κ3) is 5.94. The van der Waals surface area contributed by atoms with Gasteiger partial charge < -0.3 is 14.2 Å². The second-order valence-corrected chi connectivity index (χ2v) is 6.16. The lowest BCUT2D eigenvalue weighted by Crippen LogP contribution is -2.27. The van der Waals surface area contributed by atoms with E-state index in [0.717, 1.165) is 12.8 Å². The zero-order valence-corrected chi connectivity index (χ0v) is 13.7. The zero-order chi connectivity index (χ0) is 15.0. The van der Waals surface area contributed by atoms with E-state index < -0.39 is 5.79 Å². The highest BCUT2D eigenvalue weighted by atomic mass is 16.8. The molecule has 0 amide bonds. The number of rotatable bonds is 10. The van der Waals surface area contributed by atoms with Crippen LogP contribution in [0.3, 0.4) is 0 Å². The molecule has 0 spiro atoms. The summed E-state index contributed by atoms with van der Waals surface area (Å²) in [5.74, 6) is -0.474. The molecular formula is C17H32O3. The van der Waals surface area contributed by atoms with Gasteiger partial charge in [0, 0.05) is 13.5 Å². The molecule has 1 aliphatic rings. The zero-order valence-electron chi connectivity index (χ0n) is 13.7. The summed E-state index contributed by atoms with van der Waals surface area (Å²) in [5, 5.41) is 0. The highest BCUT2D eigenvalue weighted by Crippen LogP contribution is 2.33. The van der Waals surface area contributed by atoms with Gasteiger partial charge in [-0.3, -0.25) is 0 Å². The number of hydrogen-bond donors (Lipinski definition) is 0. The molecule has 0 saturated carbocycles. The van der Waals surface area contributed by atoms with E-state index in [4.69, 9.17) is 14.2 Å². The van der Waals surface area contributed by atoms with E-state index in [1.54, 1.807) is 7.11 Å². The van der Waals surface area contributed by atoms with Crippen LogP contribution in [0.25, 0.3) is 0 Å². The molecular weight excluding hydrogens is 252 g/mol. The van der Waals surface area contributed by atoms with Gasteiger partial charge in [-0.1, -0.05) is 45.1 Å².